The Labute approximate surface area is 348 Å². The molecule has 62 heavy (non-hydrogen) atoms. The summed E-state index contributed by atoms with van der Waals surface area (Å²) in [5.41, 5.74) is -8.79. The van der Waals surface area contributed by atoms with E-state index in [0.717, 1.165) is 0 Å². The first-order valence-corrected chi connectivity index (χ1v) is 18.0. The Balaban J connectivity index is 0.000000355. The van der Waals surface area contributed by atoms with E-state index in [0.29, 0.717) is 5.92 Å². The van der Waals surface area contributed by atoms with E-state index >= 15 is 35.1 Å². The van der Waals surface area contributed by atoms with Crippen LogP contribution in [0.3, 0.4) is 0 Å². The third kappa shape index (κ3) is 7.24. The van der Waals surface area contributed by atoms with Crippen LogP contribution < -0.4 is 21.9 Å². The summed E-state index contributed by atoms with van der Waals surface area (Å²) in [6.07, 6.45) is -7.22. The summed E-state index contributed by atoms with van der Waals surface area (Å²) >= 11 is 2.44. The molecule has 6 aromatic rings. The minimum absolute atomic E-state index is 0.553. The van der Waals surface area contributed by atoms with Gasteiger partial charge in [0.25, 0.3) is 0 Å². The molecule has 0 aliphatic heterocycles. The Hall–Kier alpha value is -5.29. The Morgan fingerprint density at radius 2 is 0.581 bits per heavy atom. The maximum atomic E-state index is 15.4. The lowest BCUT2D eigenvalue weighted by Gasteiger charge is -2.44. The summed E-state index contributed by atoms with van der Waals surface area (Å²) in [4.78, 5) is 0. The molecule has 0 amide bonds. The Morgan fingerprint density at radius 1 is 0.339 bits per heavy atom. The molecule has 0 nitrogen and oxygen atoms in total. The molecule has 0 radical (unpaired) electrons. The molecule has 0 spiro atoms. The van der Waals surface area contributed by atoms with Crippen molar-refractivity contribution >= 4 is 50.6 Å². The van der Waals surface area contributed by atoms with E-state index in [4.69, 9.17) is 0 Å². The lowest BCUT2D eigenvalue weighted by Crippen LogP contribution is -2.81. The molecule has 0 aliphatic carbocycles. The summed E-state index contributed by atoms with van der Waals surface area (Å²) in [7, 11) is 0. The zero-order valence-corrected chi connectivity index (χ0v) is 32.8. The maximum absolute atomic E-state index is 15.4. The van der Waals surface area contributed by atoms with Gasteiger partial charge in [-0.15, -0.1) is 21.9 Å². The summed E-state index contributed by atoms with van der Waals surface area (Å²) in [5.74, 6) is -70.9. The molecule has 6 rings (SSSR count). The van der Waals surface area contributed by atoms with Gasteiger partial charge in [-0.05, 0) is 63.8 Å². The van der Waals surface area contributed by atoms with Crippen LogP contribution in [-0.2, 0) is 0 Å². The Bertz CT molecular complexity index is 2420. The molecule has 0 saturated carbocycles. The van der Waals surface area contributed by atoms with Crippen LogP contribution in [0.2, 0.25) is 0 Å². The van der Waals surface area contributed by atoms with Crippen LogP contribution in [0.1, 0.15) is 30.9 Å². The van der Waals surface area contributed by atoms with Crippen LogP contribution in [0, 0.1) is 127 Å². The zero-order chi connectivity index (χ0) is 46.8. The maximum Gasteiger partial charge on any atom is 0.200 e. The molecule has 6 aromatic carbocycles. The van der Waals surface area contributed by atoms with Gasteiger partial charge in [-0.2, -0.15) is 0 Å². The van der Waals surface area contributed by atoms with Gasteiger partial charge in [-0.25, -0.2) is 87.8 Å². The highest BCUT2D eigenvalue weighted by Gasteiger charge is 2.52. The SMILES string of the molecule is Cc1ccccc1-c1cccc(I)c1C(C)C.Fc1c(F)c(F)c([B-](c2c(F)c(F)c(F)c(F)c2F)(c2c(F)c(F)c(F)c(F)c2F)c2c(F)c(F)c(F)c(F)c2F)c(F)c1F. The standard InChI is InChI=1S/C24BF20.C16H17I/c26-5-1(6(27)14(35)21(42)13(5)34)25(2-7(28)15(36)22(43)16(37)8(2)29,3-9(30)17(38)23(44)18(39)10(3)31)4-11(32)19(40)24(45)20(41)12(4)33;1-11(2)16-14(9-6-10-15(16)17)13-8-5-4-7-12(13)3/h;4-11H,1-3H3/q-1;. The monoisotopic (exact) mass is 1020 g/mol. The van der Waals surface area contributed by atoms with Gasteiger partial charge in [0.1, 0.15) is 52.7 Å². The van der Waals surface area contributed by atoms with E-state index in [1.165, 1.54) is 25.8 Å². The molecule has 0 fully saturated rings. The second-order valence-electron chi connectivity index (χ2n) is 13.5. The highest BCUT2D eigenvalue weighted by molar-refractivity contribution is 14.1. The first kappa shape index (κ1) is 47.8. The van der Waals surface area contributed by atoms with Gasteiger partial charge in [0.15, 0.2) is 69.8 Å². The molecule has 0 atom stereocenters. The van der Waals surface area contributed by atoms with Gasteiger partial charge in [0, 0.05) is 3.57 Å². The Kier molecular flexibility index (Phi) is 13.5. The van der Waals surface area contributed by atoms with Crippen molar-refractivity contribution in [3.8, 4) is 11.1 Å². The number of rotatable bonds is 6. The number of hydrogen-bond acceptors (Lipinski definition) is 0. The predicted molar refractivity (Wildman–Crippen MR) is 193 cm³/mol. The topological polar surface area (TPSA) is 0 Å². The van der Waals surface area contributed by atoms with Gasteiger partial charge in [-0.3, -0.25) is 0 Å². The van der Waals surface area contributed by atoms with Crippen molar-refractivity contribution in [2.75, 3.05) is 0 Å². The lowest BCUT2D eigenvalue weighted by molar-refractivity contribution is 0.378. The minimum atomic E-state index is -7.22. The molecular formula is C40H17BF20I-. The smallest absolute Gasteiger partial charge is 0.200 e. The van der Waals surface area contributed by atoms with Gasteiger partial charge >= 0.3 is 0 Å². The molecular weight excluding hydrogens is 998 g/mol. The van der Waals surface area contributed by atoms with E-state index in [1.54, 1.807) is 0 Å². The lowest BCUT2D eigenvalue weighted by atomic mass is 9.12. The van der Waals surface area contributed by atoms with E-state index in [-0.39, 0.29) is 0 Å². The average molecular weight is 1020 g/mol. The molecule has 328 valence electrons. The fourth-order valence-corrected chi connectivity index (χ4v) is 8.23. The third-order valence-electron chi connectivity index (χ3n) is 9.77. The molecule has 0 aliphatic rings. The summed E-state index contributed by atoms with van der Waals surface area (Å²) < 4.78 is 295. The van der Waals surface area contributed by atoms with Gasteiger partial charge in [-0.1, -0.05) is 50.2 Å². The molecule has 0 heterocycles. The Morgan fingerprint density at radius 3 is 0.839 bits per heavy atom. The molecule has 0 N–H and O–H groups in total. The van der Waals surface area contributed by atoms with Crippen molar-refractivity contribution in [1.82, 2.24) is 0 Å². The van der Waals surface area contributed by atoms with Gasteiger partial charge in [0.05, 0.1) is 0 Å². The molecule has 22 heteroatoms. The van der Waals surface area contributed by atoms with Crippen molar-refractivity contribution in [2.45, 2.75) is 26.7 Å². The number of aryl methyl sites for hydroxylation is 1. The summed E-state index contributed by atoms with van der Waals surface area (Å²) in [6, 6.07) is 15.2. The molecule has 0 saturated heterocycles. The second kappa shape index (κ2) is 17.5. The first-order chi connectivity index (χ1) is 28.8. The van der Waals surface area contributed by atoms with E-state index < -0.39 is 144 Å². The van der Waals surface area contributed by atoms with Crippen LogP contribution >= 0.6 is 22.6 Å². The van der Waals surface area contributed by atoms with Crippen LogP contribution in [0.5, 0.6) is 0 Å². The fourth-order valence-electron chi connectivity index (χ4n) is 7.11. The second-order valence-corrected chi connectivity index (χ2v) is 14.6. The van der Waals surface area contributed by atoms with Crippen LogP contribution in [0.15, 0.2) is 42.5 Å². The van der Waals surface area contributed by atoms with Crippen LogP contribution in [0.4, 0.5) is 87.8 Å². The molecule has 0 aromatic heterocycles. The fraction of sp³-hybridized carbons (Fsp3) is 0.100. The summed E-state index contributed by atoms with van der Waals surface area (Å²) in [5, 5.41) is 0. The van der Waals surface area contributed by atoms with E-state index in [2.05, 4.69) is 85.8 Å². The van der Waals surface area contributed by atoms with Crippen molar-refractivity contribution in [3.63, 3.8) is 0 Å². The van der Waals surface area contributed by atoms with Crippen molar-refractivity contribution < 1.29 is 87.8 Å². The highest BCUT2D eigenvalue weighted by Crippen LogP contribution is 2.35. The minimum Gasteiger partial charge on any atom is -0.207 e. The highest BCUT2D eigenvalue weighted by atomic mass is 127. The number of halogens is 21. The van der Waals surface area contributed by atoms with Crippen molar-refractivity contribution in [3.05, 3.63) is 174 Å². The number of hydrogen-bond donors (Lipinski definition) is 0. The van der Waals surface area contributed by atoms with E-state index in [1.807, 2.05) is 0 Å². The van der Waals surface area contributed by atoms with E-state index in [9.17, 15) is 52.7 Å². The average Bonchev–Trinajstić information content (AvgIpc) is 3.23. The quantitative estimate of drug-likeness (QED) is 0.0513. The first-order valence-electron chi connectivity index (χ1n) is 16.9. The van der Waals surface area contributed by atoms with Crippen LogP contribution in [-0.4, -0.2) is 6.15 Å². The third-order valence-corrected chi connectivity index (χ3v) is 10.7. The van der Waals surface area contributed by atoms with Gasteiger partial charge in [0.2, 0.25) is 0 Å². The molecule has 0 unspecified atom stereocenters. The zero-order valence-electron chi connectivity index (χ0n) is 30.6. The van der Waals surface area contributed by atoms with Crippen LogP contribution in [0.25, 0.3) is 11.1 Å². The van der Waals surface area contributed by atoms with Crippen molar-refractivity contribution in [1.29, 1.82) is 0 Å². The predicted octanol–water partition coefficient (Wildman–Crippen LogP) is 11.2. The normalized spacial score (nSPS) is 11.7. The largest absolute Gasteiger partial charge is 0.207 e. The summed E-state index contributed by atoms with van der Waals surface area (Å²) in [6.45, 7) is 6.71. The van der Waals surface area contributed by atoms with Gasteiger partial charge < -0.3 is 0 Å². The van der Waals surface area contributed by atoms with Crippen molar-refractivity contribution in [2.24, 2.45) is 0 Å². The number of benzene rings is 6. The molecule has 0 bridgehead atoms.